The first-order chi connectivity index (χ1) is 8.15. The number of unbranched alkanes of at least 4 members (excludes halogenated alkanes) is 1. The molecule has 1 rings (SSSR count). The molecular formula is C13H28N2O2S. The van der Waals surface area contributed by atoms with Gasteiger partial charge in [0.1, 0.15) is 0 Å². The molecule has 0 unspecified atom stereocenters. The van der Waals surface area contributed by atoms with E-state index in [0.29, 0.717) is 18.9 Å². The molecule has 1 aliphatic carbocycles. The van der Waals surface area contributed by atoms with Gasteiger partial charge in [0.05, 0.1) is 5.75 Å². The van der Waals surface area contributed by atoms with E-state index in [1.807, 2.05) is 7.05 Å². The highest BCUT2D eigenvalue weighted by Gasteiger charge is 2.64. The van der Waals surface area contributed by atoms with Gasteiger partial charge in [-0.25, -0.2) is 13.1 Å². The van der Waals surface area contributed by atoms with Gasteiger partial charge < -0.3 is 5.32 Å². The predicted octanol–water partition coefficient (Wildman–Crippen LogP) is 1.59. The van der Waals surface area contributed by atoms with Crippen LogP contribution in [0.15, 0.2) is 0 Å². The van der Waals surface area contributed by atoms with E-state index in [9.17, 15) is 8.42 Å². The second-order valence-electron chi connectivity index (χ2n) is 6.47. The summed E-state index contributed by atoms with van der Waals surface area (Å²) in [5.41, 5.74) is 0.475. The monoisotopic (exact) mass is 276 g/mol. The molecule has 5 heteroatoms. The third-order valence-electron chi connectivity index (χ3n) is 4.92. The third kappa shape index (κ3) is 3.45. The summed E-state index contributed by atoms with van der Waals surface area (Å²) in [6.45, 7) is 10.3. The van der Waals surface area contributed by atoms with Crippen LogP contribution in [0.4, 0.5) is 0 Å². The summed E-state index contributed by atoms with van der Waals surface area (Å²) in [6.07, 6.45) is 1.62. The molecule has 0 bridgehead atoms. The number of rotatable bonds is 8. The molecule has 1 saturated carbocycles. The van der Waals surface area contributed by atoms with Crippen LogP contribution in [0.3, 0.4) is 0 Å². The molecule has 0 atom stereocenters. The van der Waals surface area contributed by atoms with Gasteiger partial charge in [-0.05, 0) is 43.2 Å². The maximum atomic E-state index is 11.8. The first kappa shape index (κ1) is 15.9. The Hall–Kier alpha value is -0.130. The molecule has 0 aromatic heterocycles. The molecule has 2 N–H and O–H groups in total. The van der Waals surface area contributed by atoms with E-state index in [1.165, 1.54) is 0 Å². The van der Waals surface area contributed by atoms with E-state index in [1.54, 1.807) is 0 Å². The lowest BCUT2D eigenvalue weighted by atomic mass is 10.0. The highest BCUT2D eigenvalue weighted by atomic mass is 32.2. The summed E-state index contributed by atoms with van der Waals surface area (Å²) < 4.78 is 26.4. The van der Waals surface area contributed by atoms with Crippen molar-refractivity contribution in [3.63, 3.8) is 0 Å². The van der Waals surface area contributed by atoms with Crippen molar-refractivity contribution < 1.29 is 8.42 Å². The lowest BCUT2D eigenvalue weighted by molar-refractivity contribution is 0.457. The minimum absolute atomic E-state index is 0.238. The first-order valence-electron chi connectivity index (χ1n) is 6.77. The van der Waals surface area contributed by atoms with Crippen molar-refractivity contribution in [3.8, 4) is 0 Å². The Morgan fingerprint density at radius 2 is 1.61 bits per heavy atom. The Balaban J connectivity index is 2.31. The van der Waals surface area contributed by atoms with E-state index < -0.39 is 10.0 Å². The van der Waals surface area contributed by atoms with Gasteiger partial charge >= 0.3 is 0 Å². The van der Waals surface area contributed by atoms with E-state index in [-0.39, 0.29) is 16.6 Å². The molecule has 0 aromatic rings. The van der Waals surface area contributed by atoms with Crippen molar-refractivity contribution in [2.24, 2.45) is 16.7 Å². The quantitative estimate of drug-likeness (QED) is 0.662. The van der Waals surface area contributed by atoms with Gasteiger partial charge in [-0.2, -0.15) is 0 Å². The van der Waals surface area contributed by atoms with Crippen LogP contribution in [-0.2, 0) is 10.0 Å². The summed E-state index contributed by atoms with van der Waals surface area (Å²) >= 11 is 0. The predicted molar refractivity (Wildman–Crippen MR) is 76.0 cm³/mol. The summed E-state index contributed by atoms with van der Waals surface area (Å²) in [7, 11) is -1.22. The molecule has 0 aliphatic heterocycles. The molecule has 108 valence electrons. The molecule has 0 saturated heterocycles. The van der Waals surface area contributed by atoms with Crippen LogP contribution < -0.4 is 10.0 Å². The average Bonchev–Trinajstić information content (AvgIpc) is 2.62. The van der Waals surface area contributed by atoms with Gasteiger partial charge in [-0.3, -0.25) is 0 Å². The first-order valence-corrected chi connectivity index (χ1v) is 8.42. The third-order valence-corrected chi connectivity index (χ3v) is 6.35. The lowest BCUT2D eigenvalue weighted by Gasteiger charge is -2.07. The minimum atomic E-state index is -3.10. The van der Waals surface area contributed by atoms with Crippen LogP contribution in [0, 0.1) is 16.7 Å². The summed E-state index contributed by atoms with van der Waals surface area (Å²) in [4.78, 5) is 0. The van der Waals surface area contributed by atoms with Crippen molar-refractivity contribution in [1.29, 1.82) is 0 Å². The maximum Gasteiger partial charge on any atom is 0.211 e. The van der Waals surface area contributed by atoms with Gasteiger partial charge in [-0.1, -0.05) is 27.7 Å². The highest BCUT2D eigenvalue weighted by molar-refractivity contribution is 7.89. The van der Waals surface area contributed by atoms with Crippen LogP contribution >= 0.6 is 0 Å². The largest absolute Gasteiger partial charge is 0.320 e. The fourth-order valence-electron chi connectivity index (χ4n) is 2.72. The van der Waals surface area contributed by atoms with Gasteiger partial charge in [0.2, 0.25) is 10.0 Å². The molecule has 4 nitrogen and oxygen atoms in total. The van der Waals surface area contributed by atoms with E-state index in [4.69, 9.17) is 0 Å². The molecule has 0 radical (unpaired) electrons. The zero-order chi connectivity index (χ0) is 14.0. The van der Waals surface area contributed by atoms with Gasteiger partial charge in [0.25, 0.3) is 0 Å². The highest BCUT2D eigenvalue weighted by Crippen LogP contribution is 2.67. The molecule has 0 heterocycles. The maximum absolute atomic E-state index is 11.8. The van der Waals surface area contributed by atoms with Crippen molar-refractivity contribution in [3.05, 3.63) is 0 Å². The number of hydrogen-bond acceptors (Lipinski definition) is 3. The molecule has 0 amide bonds. The fraction of sp³-hybridized carbons (Fsp3) is 1.00. The Labute approximate surface area is 112 Å². The zero-order valence-corrected chi connectivity index (χ0v) is 13.2. The number of hydrogen-bond donors (Lipinski definition) is 2. The molecule has 1 fully saturated rings. The Kier molecular flexibility index (Phi) is 4.84. The Morgan fingerprint density at radius 1 is 1.06 bits per heavy atom. The molecular weight excluding hydrogens is 248 g/mol. The Bertz CT molecular complexity index is 360. The van der Waals surface area contributed by atoms with Crippen molar-refractivity contribution in [1.82, 2.24) is 10.0 Å². The number of sulfonamides is 1. The van der Waals surface area contributed by atoms with E-state index >= 15 is 0 Å². The normalized spacial score (nSPS) is 22.1. The smallest absolute Gasteiger partial charge is 0.211 e. The standard InChI is InChI=1S/C13H28N2O2S/c1-12(2)11(13(12,3)4)10-15-18(16,17)9-7-6-8-14-5/h11,14-15H,6-10H2,1-5H3. The van der Waals surface area contributed by atoms with Gasteiger partial charge in [-0.15, -0.1) is 0 Å². The van der Waals surface area contributed by atoms with Crippen LogP contribution in [0.1, 0.15) is 40.5 Å². The van der Waals surface area contributed by atoms with Crippen LogP contribution in [0.5, 0.6) is 0 Å². The van der Waals surface area contributed by atoms with Crippen LogP contribution in [-0.4, -0.2) is 34.3 Å². The van der Waals surface area contributed by atoms with Crippen molar-refractivity contribution >= 4 is 10.0 Å². The van der Waals surface area contributed by atoms with Crippen LogP contribution in [0.25, 0.3) is 0 Å². The Morgan fingerprint density at radius 3 is 2.06 bits per heavy atom. The van der Waals surface area contributed by atoms with Gasteiger partial charge in [0.15, 0.2) is 0 Å². The lowest BCUT2D eigenvalue weighted by Crippen LogP contribution is -2.29. The van der Waals surface area contributed by atoms with Crippen molar-refractivity contribution in [2.75, 3.05) is 25.9 Å². The topological polar surface area (TPSA) is 58.2 Å². The molecule has 0 spiro atoms. The fourth-order valence-corrected chi connectivity index (χ4v) is 3.87. The second kappa shape index (κ2) is 5.47. The van der Waals surface area contributed by atoms with E-state index in [2.05, 4.69) is 37.7 Å². The number of nitrogens with one attached hydrogen (secondary N) is 2. The SMILES string of the molecule is CNCCCCS(=O)(=O)NCC1C(C)(C)C1(C)C. The van der Waals surface area contributed by atoms with E-state index in [0.717, 1.165) is 13.0 Å². The second-order valence-corrected chi connectivity index (χ2v) is 8.40. The average molecular weight is 276 g/mol. The van der Waals surface area contributed by atoms with Crippen molar-refractivity contribution in [2.45, 2.75) is 40.5 Å². The minimum Gasteiger partial charge on any atom is -0.320 e. The molecule has 18 heavy (non-hydrogen) atoms. The van der Waals surface area contributed by atoms with Crippen LogP contribution in [0.2, 0.25) is 0 Å². The zero-order valence-electron chi connectivity index (χ0n) is 12.3. The molecule has 1 aliphatic rings. The van der Waals surface area contributed by atoms with Gasteiger partial charge in [0, 0.05) is 6.54 Å². The summed E-state index contributed by atoms with van der Waals surface area (Å²) in [5, 5.41) is 3.02. The molecule has 0 aromatic carbocycles. The summed E-state index contributed by atoms with van der Waals surface area (Å²) in [5.74, 6) is 0.680. The summed E-state index contributed by atoms with van der Waals surface area (Å²) in [6, 6.07) is 0.